The maximum atomic E-state index is 13.7. The second-order valence-corrected chi connectivity index (χ2v) is 8.09. The van der Waals surface area contributed by atoms with Crippen LogP contribution in [0.15, 0.2) is 30.3 Å². The Hall–Kier alpha value is -2.09. The summed E-state index contributed by atoms with van der Waals surface area (Å²) in [5.74, 6) is -2.39. The highest BCUT2D eigenvalue weighted by molar-refractivity contribution is 7.22. The Morgan fingerprint density at radius 3 is 2.34 bits per heavy atom. The Kier molecular flexibility index (Phi) is 7.68. The van der Waals surface area contributed by atoms with E-state index >= 15 is 0 Å². The molecule has 8 heteroatoms. The van der Waals surface area contributed by atoms with Gasteiger partial charge < -0.3 is 4.90 Å². The smallest absolute Gasteiger partial charge is 0.260 e. The predicted molar refractivity (Wildman–Crippen MR) is 118 cm³/mol. The van der Waals surface area contributed by atoms with Gasteiger partial charge in [-0.2, -0.15) is 0 Å². The minimum Gasteiger partial charge on any atom is -0.309 e. The number of hydrogen-bond donors (Lipinski definition) is 0. The number of aromatic nitrogens is 1. The van der Waals surface area contributed by atoms with Crippen LogP contribution in [-0.4, -0.2) is 43.0 Å². The third-order valence-electron chi connectivity index (χ3n) is 4.56. The number of halogens is 3. The molecular formula is C21H24ClF2N3OS. The largest absolute Gasteiger partial charge is 0.309 e. The Morgan fingerprint density at radius 1 is 1.03 bits per heavy atom. The van der Waals surface area contributed by atoms with Gasteiger partial charge in [0.25, 0.3) is 5.91 Å². The summed E-state index contributed by atoms with van der Waals surface area (Å²) in [4.78, 5) is 21.4. The molecule has 0 N–H and O–H groups in total. The molecule has 0 saturated heterocycles. The van der Waals surface area contributed by atoms with Gasteiger partial charge in [-0.05, 0) is 70.2 Å². The Morgan fingerprint density at radius 2 is 1.72 bits per heavy atom. The highest BCUT2D eigenvalue weighted by atomic mass is 35.5. The van der Waals surface area contributed by atoms with E-state index in [1.54, 1.807) is 4.90 Å². The van der Waals surface area contributed by atoms with Crippen LogP contribution in [-0.2, 0) is 0 Å². The van der Waals surface area contributed by atoms with Crippen molar-refractivity contribution in [3.05, 3.63) is 58.7 Å². The molecule has 1 amide bonds. The maximum Gasteiger partial charge on any atom is 0.260 e. The number of hydrogen-bond acceptors (Lipinski definition) is 4. The van der Waals surface area contributed by atoms with Crippen LogP contribution in [0.1, 0.15) is 27.9 Å². The van der Waals surface area contributed by atoms with Crippen LogP contribution < -0.4 is 4.90 Å². The van der Waals surface area contributed by atoms with E-state index in [9.17, 15) is 13.6 Å². The van der Waals surface area contributed by atoms with Crippen molar-refractivity contribution in [2.75, 3.05) is 32.1 Å². The van der Waals surface area contributed by atoms with E-state index in [-0.39, 0.29) is 23.9 Å². The van der Waals surface area contributed by atoms with Crippen LogP contribution in [0.2, 0.25) is 0 Å². The summed E-state index contributed by atoms with van der Waals surface area (Å²) in [6.45, 7) is 5.23. The van der Waals surface area contributed by atoms with Crippen molar-refractivity contribution in [3.63, 3.8) is 0 Å². The quantitative estimate of drug-likeness (QED) is 0.529. The average molecular weight is 440 g/mol. The number of thiazole rings is 1. The number of carbonyl (C=O) groups excluding carboxylic acids is 1. The standard InChI is InChI=1S/C21H23F2N3OS.ClH/c1-13-6-7-14(2)19-18(13)24-21(28-19)26(11-5-10-25(3)4)20(27)15-8-9-16(22)17(23)12-15;/h6-9,12H,5,10-11H2,1-4H3;1H. The first-order valence-corrected chi connectivity index (χ1v) is 9.88. The number of amides is 1. The number of carbonyl (C=O) groups is 1. The fraction of sp³-hybridized carbons (Fsp3) is 0.333. The van der Waals surface area contributed by atoms with Gasteiger partial charge in [0, 0.05) is 12.1 Å². The van der Waals surface area contributed by atoms with Gasteiger partial charge in [-0.15, -0.1) is 12.4 Å². The molecule has 2 aromatic carbocycles. The molecule has 4 nitrogen and oxygen atoms in total. The first kappa shape index (κ1) is 23.2. The van der Waals surface area contributed by atoms with Gasteiger partial charge >= 0.3 is 0 Å². The van der Waals surface area contributed by atoms with E-state index in [4.69, 9.17) is 4.98 Å². The summed E-state index contributed by atoms with van der Waals surface area (Å²) in [6, 6.07) is 7.28. The molecule has 0 bridgehead atoms. The highest BCUT2D eigenvalue weighted by Gasteiger charge is 2.23. The van der Waals surface area contributed by atoms with Crippen LogP contribution in [0, 0.1) is 25.5 Å². The Labute approximate surface area is 179 Å². The molecule has 1 heterocycles. The van der Waals surface area contributed by atoms with Crippen LogP contribution in [0.4, 0.5) is 13.9 Å². The van der Waals surface area contributed by atoms with Crippen molar-refractivity contribution in [1.82, 2.24) is 9.88 Å². The lowest BCUT2D eigenvalue weighted by molar-refractivity contribution is 0.0985. The van der Waals surface area contributed by atoms with E-state index < -0.39 is 11.6 Å². The van der Waals surface area contributed by atoms with Crippen LogP contribution in [0.5, 0.6) is 0 Å². The zero-order valence-corrected chi connectivity index (χ0v) is 18.5. The topological polar surface area (TPSA) is 36.4 Å². The van der Waals surface area contributed by atoms with Gasteiger partial charge in [-0.25, -0.2) is 13.8 Å². The molecule has 29 heavy (non-hydrogen) atoms. The molecule has 0 aliphatic rings. The molecule has 0 aliphatic heterocycles. The molecule has 3 rings (SSSR count). The molecule has 0 spiro atoms. The molecule has 1 aromatic heterocycles. The van der Waals surface area contributed by atoms with Crippen molar-refractivity contribution in [2.45, 2.75) is 20.3 Å². The third kappa shape index (κ3) is 5.10. The van der Waals surface area contributed by atoms with Gasteiger partial charge in [0.1, 0.15) is 0 Å². The SMILES string of the molecule is Cc1ccc(C)c2sc(N(CCCN(C)C)C(=O)c3ccc(F)c(F)c3)nc12.Cl. The van der Waals surface area contributed by atoms with Crippen molar-refractivity contribution in [1.29, 1.82) is 0 Å². The molecule has 0 aliphatic carbocycles. The van der Waals surface area contributed by atoms with Crippen LogP contribution in [0.25, 0.3) is 10.2 Å². The molecule has 0 saturated carbocycles. The van der Waals surface area contributed by atoms with Gasteiger partial charge in [-0.1, -0.05) is 23.5 Å². The highest BCUT2D eigenvalue weighted by Crippen LogP contribution is 2.33. The van der Waals surface area contributed by atoms with E-state index in [1.807, 2.05) is 45.0 Å². The normalized spacial score (nSPS) is 11.0. The number of fused-ring (bicyclic) bond motifs is 1. The minimum absolute atomic E-state index is 0. The summed E-state index contributed by atoms with van der Waals surface area (Å²) < 4.78 is 28.0. The van der Waals surface area contributed by atoms with Crippen molar-refractivity contribution >= 4 is 45.0 Å². The summed E-state index contributed by atoms with van der Waals surface area (Å²) in [6.07, 6.45) is 0.732. The fourth-order valence-electron chi connectivity index (χ4n) is 2.98. The monoisotopic (exact) mass is 439 g/mol. The molecule has 0 unspecified atom stereocenters. The Bertz CT molecular complexity index is 984. The molecule has 0 fully saturated rings. The number of anilines is 1. The zero-order chi connectivity index (χ0) is 20.4. The number of aryl methyl sites for hydroxylation is 2. The molecule has 3 aromatic rings. The Balaban J connectivity index is 0.00000300. The van der Waals surface area contributed by atoms with Gasteiger partial charge in [0.2, 0.25) is 0 Å². The van der Waals surface area contributed by atoms with E-state index in [0.29, 0.717) is 11.7 Å². The second kappa shape index (κ2) is 9.61. The van der Waals surface area contributed by atoms with Crippen LogP contribution >= 0.6 is 23.7 Å². The molecule has 0 atom stereocenters. The maximum absolute atomic E-state index is 13.7. The number of benzene rings is 2. The van der Waals surface area contributed by atoms with Crippen molar-refractivity contribution in [3.8, 4) is 0 Å². The average Bonchev–Trinajstić information content (AvgIpc) is 3.10. The number of nitrogens with zero attached hydrogens (tertiary/aromatic N) is 3. The van der Waals surface area contributed by atoms with Gasteiger partial charge in [0.05, 0.1) is 10.2 Å². The van der Waals surface area contributed by atoms with E-state index in [0.717, 1.165) is 46.4 Å². The third-order valence-corrected chi connectivity index (χ3v) is 5.77. The number of rotatable bonds is 6. The zero-order valence-electron chi connectivity index (χ0n) is 16.8. The van der Waals surface area contributed by atoms with Crippen molar-refractivity contribution in [2.24, 2.45) is 0 Å². The molecule has 156 valence electrons. The van der Waals surface area contributed by atoms with E-state index in [2.05, 4.69) is 0 Å². The lowest BCUT2D eigenvalue weighted by atomic mass is 10.1. The minimum atomic E-state index is -1.03. The summed E-state index contributed by atoms with van der Waals surface area (Å²) in [5, 5.41) is 0.570. The second-order valence-electron chi connectivity index (χ2n) is 7.12. The predicted octanol–water partition coefficient (Wildman–Crippen LogP) is 5.21. The fourth-order valence-corrected chi connectivity index (χ4v) is 4.11. The van der Waals surface area contributed by atoms with E-state index in [1.165, 1.54) is 17.4 Å². The lowest BCUT2D eigenvalue weighted by Gasteiger charge is -2.21. The molecular weight excluding hydrogens is 416 g/mol. The summed E-state index contributed by atoms with van der Waals surface area (Å²) in [7, 11) is 3.93. The summed E-state index contributed by atoms with van der Waals surface area (Å²) in [5.41, 5.74) is 3.11. The van der Waals surface area contributed by atoms with Gasteiger partial charge in [0.15, 0.2) is 16.8 Å². The lowest BCUT2D eigenvalue weighted by Crippen LogP contribution is -2.33. The van der Waals surface area contributed by atoms with Crippen molar-refractivity contribution < 1.29 is 13.6 Å². The first-order chi connectivity index (χ1) is 13.3. The van der Waals surface area contributed by atoms with Crippen LogP contribution in [0.3, 0.4) is 0 Å². The molecule has 0 radical (unpaired) electrons. The summed E-state index contributed by atoms with van der Waals surface area (Å²) >= 11 is 1.45. The van der Waals surface area contributed by atoms with Gasteiger partial charge in [-0.3, -0.25) is 9.69 Å². The first-order valence-electron chi connectivity index (χ1n) is 9.06.